The molecule has 1 saturated heterocycles. The third-order valence-electron chi connectivity index (χ3n) is 5.27. The van der Waals surface area contributed by atoms with Crippen LogP contribution in [0.4, 0.5) is 5.69 Å². The molecule has 0 saturated carbocycles. The number of nitrogens with one attached hydrogen (secondary N) is 1. The minimum absolute atomic E-state index is 0.0550. The number of likely N-dealkylation sites (tertiary alicyclic amines) is 1. The van der Waals surface area contributed by atoms with Crippen molar-refractivity contribution in [3.8, 4) is 11.5 Å². The second kappa shape index (κ2) is 9.06. The lowest BCUT2D eigenvalue weighted by molar-refractivity contribution is -0.134. The molecule has 0 radical (unpaired) electrons. The Morgan fingerprint density at radius 2 is 1.83 bits per heavy atom. The maximum absolute atomic E-state index is 12.6. The standard InChI is InChI=1S/C21H21ClN2O5S/c22-19-5-4-18(30-19)15(25)2-6-20(26)24-9-7-13(8-10-24)21(27)23-14-1-3-16-17(11-14)29-12-28-16/h1,3-5,11,13H,2,6-10,12H2,(H,23,27). The van der Waals surface area contributed by atoms with E-state index < -0.39 is 0 Å². The molecule has 0 bridgehead atoms. The molecule has 2 aliphatic rings. The molecule has 2 aromatic rings. The van der Waals surface area contributed by atoms with Crippen molar-refractivity contribution in [2.45, 2.75) is 25.7 Å². The van der Waals surface area contributed by atoms with Gasteiger partial charge in [-0.2, -0.15) is 0 Å². The summed E-state index contributed by atoms with van der Waals surface area (Å²) in [6.45, 7) is 1.21. The van der Waals surface area contributed by atoms with Crippen LogP contribution in [-0.4, -0.2) is 42.4 Å². The van der Waals surface area contributed by atoms with Gasteiger partial charge in [0.05, 0.1) is 9.21 Å². The van der Waals surface area contributed by atoms with Gasteiger partial charge in [-0.25, -0.2) is 0 Å². The summed E-state index contributed by atoms with van der Waals surface area (Å²) in [6, 6.07) is 8.66. The Balaban J connectivity index is 1.22. The third-order valence-corrected chi connectivity index (χ3v) is 6.54. The summed E-state index contributed by atoms with van der Waals surface area (Å²) in [7, 11) is 0. The third kappa shape index (κ3) is 4.76. The van der Waals surface area contributed by atoms with E-state index in [9.17, 15) is 14.4 Å². The SMILES string of the molecule is O=C(CCC(=O)N1CCC(C(=O)Nc2ccc3c(c2)OCO3)CC1)c1ccc(Cl)s1. The van der Waals surface area contributed by atoms with Gasteiger partial charge in [-0.15, -0.1) is 11.3 Å². The summed E-state index contributed by atoms with van der Waals surface area (Å²) in [5.74, 6) is 0.937. The molecule has 30 heavy (non-hydrogen) atoms. The van der Waals surface area contributed by atoms with Crippen molar-refractivity contribution >= 4 is 46.2 Å². The number of nitrogens with zero attached hydrogens (tertiary/aromatic N) is 1. The average Bonchev–Trinajstić information content (AvgIpc) is 3.40. The quantitative estimate of drug-likeness (QED) is 0.676. The first-order valence-electron chi connectivity index (χ1n) is 9.76. The van der Waals surface area contributed by atoms with Crippen molar-refractivity contribution in [2.24, 2.45) is 5.92 Å². The number of hydrogen-bond donors (Lipinski definition) is 1. The normalized spacial score (nSPS) is 15.8. The number of hydrogen-bond acceptors (Lipinski definition) is 6. The predicted octanol–water partition coefficient (Wildman–Crippen LogP) is 3.97. The molecule has 4 rings (SSSR count). The molecule has 158 valence electrons. The Morgan fingerprint density at radius 1 is 1.07 bits per heavy atom. The van der Waals surface area contributed by atoms with Crippen molar-refractivity contribution in [1.82, 2.24) is 4.90 Å². The van der Waals surface area contributed by atoms with Crippen LogP contribution in [0.2, 0.25) is 4.34 Å². The van der Waals surface area contributed by atoms with Crippen LogP contribution in [0, 0.1) is 5.92 Å². The molecule has 2 amide bonds. The Bertz CT molecular complexity index is 968. The molecule has 0 aliphatic carbocycles. The van der Waals surface area contributed by atoms with Crippen LogP contribution in [-0.2, 0) is 9.59 Å². The molecule has 0 spiro atoms. The molecular formula is C21H21ClN2O5S. The predicted molar refractivity (Wildman–Crippen MR) is 113 cm³/mol. The number of thiophene rings is 1. The zero-order valence-electron chi connectivity index (χ0n) is 16.2. The van der Waals surface area contributed by atoms with E-state index in [0.29, 0.717) is 52.3 Å². The molecule has 0 unspecified atom stereocenters. The van der Waals surface area contributed by atoms with Gasteiger partial charge in [-0.1, -0.05) is 11.6 Å². The summed E-state index contributed by atoms with van der Waals surface area (Å²) in [5.41, 5.74) is 0.662. The fraction of sp³-hybridized carbons (Fsp3) is 0.381. The summed E-state index contributed by atoms with van der Waals surface area (Å²) in [6.07, 6.45) is 1.52. The number of benzene rings is 1. The van der Waals surface area contributed by atoms with E-state index in [-0.39, 0.29) is 43.2 Å². The average molecular weight is 449 g/mol. The highest BCUT2D eigenvalue weighted by atomic mass is 35.5. The Hall–Kier alpha value is -2.58. The highest BCUT2D eigenvalue weighted by Crippen LogP contribution is 2.34. The summed E-state index contributed by atoms with van der Waals surface area (Å²) in [4.78, 5) is 39.5. The number of Topliss-reactive ketones (excluding diaryl/α,β-unsaturated/α-hetero) is 1. The maximum atomic E-state index is 12.6. The van der Waals surface area contributed by atoms with Crippen molar-refractivity contribution in [3.63, 3.8) is 0 Å². The van der Waals surface area contributed by atoms with Gasteiger partial charge in [0.15, 0.2) is 17.3 Å². The fourth-order valence-electron chi connectivity index (χ4n) is 3.58. The lowest BCUT2D eigenvalue weighted by atomic mass is 9.95. The zero-order chi connectivity index (χ0) is 21.1. The number of piperidine rings is 1. The number of anilines is 1. The first-order valence-corrected chi connectivity index (χ1v) is 11.0. The highest BCUT2D eigenvalue weighted by Gasteiger charge is 2.28. The van der Waals surface area contributed by atoms with Gasteiger partial charge >= 0.3 is 0 Å². The van der Waals surface area contributed by atoms with Crippen molar-refractivity contribution < 1.29 is 23.9 Å². The van der Waals surface area contributed by atoms with Crippen molar-refractivity contribution in [1.29, 1.82) is 0 Å². The second-order valence-corrected chi connectivity index (χ2v) is 8.95. The molecule has 1 aromatic carbocycles. The van der Waals surface area contributed by atoms with Crippen LogP contribution in [0.25, 0.3) is 0 Å². The van der Waals surface area contributed by atoms with Gasteiger partial charge in [0.1, 0.15) is 0 Å². The fourth-order valence-corrected chi connectivity index (χ4v) is 4.59. The first-order chi connectivity index (χ1) is 14.5. The number of fused-ring (bicyclic) bond motifs is 1. The molecule has 1 N–H and O–H groups in total. The summed E-state index contributed by atoms with van der Waals surface area (Å²) in [5, 5.41) is 2.91. The monoisotopic (exact) mass is 448 g/mol. The summed E-state index contributed by atoms with van der Waals surface area (Å²) >= 11 is 7.08. The summed E-state index contributed by atoms with van der Waals surface area (Å²) < 4.78 is 11.2. The molecule has 1 fully saturated rings. The lowest BCUT2D eigenvalue weighted by Gasteiger charge is -2.31. The van der Waals surface area contributed by atoms with Crippen LogP contribution in [0.15, 0.2) is 30.3 Å². The van der Waals surface area contributed by atoms with Gasteiger partial charge in [-0.3, -0.25) is 14.4 Å². The highest BCUT2D eigenvalue weighted by molar-refractivity contribution is 7.18. The van der Waals surface area contributed by atoms with E-state index in [1.165, 1.54) is 11.3 Å². The van der Waals surface area contributed by atoms with E-state index in [1.807, 2.05) is 0 Å². The van der Waals surface area contributed by atoms with Crippen molar-refractivity contribution in [3.05, 3.63) is 39.5 Å². The first kappa shape index (κ1) is 20.7. The molecule has 1 aromatic heterocycles. The minimum Gasteiger partial charge on any atom is -0.454 e. The number of amides is 2. The zero-order valence-corrected chi connectivity index (χ0v) is 17.8. The van der Waals surface area contributed by atoms with Crippen LogP contribution in [0.5, 0.6) is 11.5 Å². The van der Waals surface area contributed by atoms with Crippen molar-refractivity contribution in [2.75, 3.05) is 25.2 Å². The molecular weight excluding hydrogens is 428 g/mol. The van der Waals surface area contributed by atoms with Gasteiger partial charge in [0.25, 0.3) is 0 Å². The second-order valence-electron chi connectivity index (χ2n) is 7.24. The van der Waals surface area contributed by atoms with Crippen LogP contribution >= 0.6 is 22.9 Å². The van der Waals surface area contributed by atoms with Crippen LogP contribution in [0.1, 0.15) is 35.4 Å². The molecule has 7 nitrogen and oxygen atoms in total. The van der Waals surface area contributed by atoms with E-state index in [1.54, 1.807) is 35.2 Å². The Labute approximate surface area is 182 Å². The van der Waals surface area contributed by atoms with E-state index in [4.69, 9.17) is 21.1 Å². The Morgan fingerprint density at radius 3 is 2.57 bits per heavy atom. The largest absolute Gasteiger partial charge is 0.454 e. The van der Waals surface area contributed by atoms with E-state index >= 15 is 0 Å². The topological polar surface area (TPSA) is 84.9 Å². The number of ketones is 1. The lowest BCUT2D eigenvalue weighted by Crippen LogP contribution is -2.41. The van der Waals surface area contributed by atoms with Gasteiger partial charge < -0.3 is 19.7 Å². The molecule has 2 aliphatic heterocycles. The number of carbonyl (C=O) groups excluding carboxylic acids is 3. The molecule has 3 heterocycles. The number of carbonyl (C=O) groups is 3. The molecule has 9 heteroatoms. The van der Waals surface area contributed by atoms with Crippen LogP contribution in [0.3, 0.4) is 0 Å². The number of rotatable bonds is 6. The van der Waals surface area contributed by atoms with E-state index in [0.717, 1.165) is 0 Å². The van der Waals surface area contributed by atoms with Crippen LogP contribution < -0.4 is 14.8 Å². The van der Waals surface area contributed by atoms with Gasteiger partial charge in [-0.05, 0) is 37.1 Å². The Kier molecular flexibility index (Phi) is 6.24. The van der Waals surface area contributed by atoms with Gasteiger partial charge in [0.2, 0.25) is 18.6 Å². The number of halogens is 1. The minimum atomic E-state index is -0.158. The maximum Gasteiger partial charge on any atom is 0.231 e. The van der Waals surface area contributed by atoms with E-state index in [2.05, 4.69) is 5.32 Å². The number of ether oxygens (including phenoxy) is 2. The van der Waals surface area contributed by atoms with Gasteiger partial charge in [0, 0.05) is 43.6 Å². The smallest absolute Gasteiger partial charge is 0.231 e. The molecule has 0 atom stereocenters.